The van der Waals surface area contributed by atoms with Gasteiger partial charge in [0.25, 0.3) is 0 Å². The fourth-order valence-electron chi connectivity index (χ4n) is 2.92. The Morgan fingerprint density at radius 1 is 1.21 bits per heavy atom. The van der Waals surface area contributed by atoms with Crippen molar-refractivity contribution in [1.29, 1.82) is 0 Å². The van der Waals surface area contributed by atoms with Crippen molar-refractivity contribution in [2.24, 2.45) is 0 Å². The average molecular weight is 425 g/mol. The molecule has 0 aliphatic carbocycles. The number of carbonyl (C=O) groups excluding carboxylic acids is 1. The zero-order valence-electron chi connectivity index (χ0n) is 16.4. The summed E-state index contributed by atoms with van der Waals surface area (Å²) in [6.07, 6.45) is 1.36. The molecule has 0 aromatic heterocycles. The molecule has 1 atom stereocenters. The Labute approximate surface area is 171 Å². The van der Waals surface area contributed by atoms with Crippen molar-refractivity contribution in [3.63, 3.8) is 0 Å². The first-order valence-corrected chi connectivity index (χ1v) is 11.2. The predicted octanol–water partition coefficient (Wildman–Crippen LogP) is 4.23. The number of halogens is 1. The number of para-hydroxylation sites is 2. The summed E-state index contributed by atoms with van der Waals surface area (Å²) in [5.41, 5.74) is 1.58. The van der Waals surface area contributed by atoms with Gasteiger partial charge in [0.15, 0.2) is 0 Å². The monoisotopic (exact) mass is 424 g/mol. The Morgan fingerprint density at radius 2 is 1.89 bits per heavy atom. The first kappa shape index (κ1) is 22.0. The van der Waals surface area contributed by atoms with Crippen molar-refractivity contribution in [1.82, 2.24) is 0 Å². The molecule has 0 heterocycles. The molecule has 8 heteroatoms. The summed E-state index contributed by atoms with van der Waals surface area (Å²) in [6, 6.07) is 11.1. The van der Waals surface area contributed by atoms with Crippen LogP contribution in [-0.2, 0) is 14.8 Å². The largest absolute Gasteiger partial charge is 0.492 e. The van der Waals surface area contributed by atoms with E-state index < -0.39 is 22.0 Å². The molecule has 2 aromatic carbocycles. The van der Waals surface area contributed by atoms with Crippen molar-refractivity contribution < 1.29 is 17.9 Å². The van der Waals surface area contributed by atoms with E-state index in [-0.39, 0.29) is 6.42 Å². The van der Waals surface area contributed by atoms with Crippen molar-refractivity contribution >= 4 is 38.9 Å². The SMILES string of the molecule is CCOc1ccccc1NC(=O)C(CC)N(c1cc(Cl)ccc1C)S(C)(=O)=O. The Hall–Kier alpha value is -2.25. The molecule has 1 unspecified atom stereocenters. The topological polar surface area (TPSA) is 75.7 Å². The minimum atomic E-state index is -3.74. The molecule has 0 fully saturated rings. The summed E-state index contributed by atoms with van der Waals surface area (Å²) in [6.45, 7) is 5.83. The lowest BCUT2D eigenvalue weighted by molar-refractivity contribution is -0.117. The average Bonchev–Trinajstić information content (AvgIpc) is 2.62. The number of nitrogens with zero attached hydrogens (tertiary/aromatic N) is 1. The summed E-state index contributed by atoms with van der Waals surface area (Å²) >= 11 is 6.09. The van der Waals surface area contributed by atoms with Gasteiger partial charge in [-0.25, -0.2) is 8.42 Å². The highest BCUT2D eigenvalue weighted by atomic mass is 35.5. The van der Waals surface area contributed by atoms with Gasteiger partial charge >= 0.3 is 0 Å². The van der Waals surface area contributed by atoms with Crippen LogP contribution in [0.3, 0.4) is 0 Å². The van der Waals surface area contributed by atoms with E-state index in [9.17, 15) is 13.2 Å². The van der Waals surface area contributed by atoms with Gasteiger partial charge in [-0.05, 0) is 50.1 Å². The Kier molecular flexibility index (Phi) is 7.32. The van der Waals surface area contributed by atoms with Gasteiger partial charge in [0.1, 0.15) is 11.8 Å². The zero-order chi connectivity index (χ0) is 20.9. The summed E-state index contributed by atoms with van der Waals surface area (Å²) in [7, 11) is -3.74. The first-order valence-electron chi connectivity index (χ1n) is 8.97. The predicted molar refractivity (Wildman–Crippen MR) is 114 cm³/mol. The molecule has 152 valence electrons. The molecule has 0 spiro atoms. The maximum Gasteiger partial charge on any atom is 0.248 e. The van der Waals surface area contributed by atoms with E-state index in [4.69, 9.17) is 16.3 Å². The number of aryl methyl sites for hydroxylation is 1. The normalized spacial score (nSPS) is 12.3. The van der Waals surface area contributed by atoms with Gasteiger partial charge < -0.3 is 10.1 Å². The van der Waals surface area contributed by atoms with Crippen LogP contribution in [0.1, 0.15) is 25.8 Å². The smallest absolute Gasteiger partial charge is 0.248 e. The van der Waals surface area contributed by atoms with Crippen LogP contribution in [0.25, 0.3) is 0 Å². The quantitative estimate of drug-likeness (QED) is 0.688. The number of anilines is 2. The lowest BCUT2D eigenvalue weighted by Crippen LogP contribution is -2.47. The molecule has 2 aromatic rings. The molecule has 1 amide bonds. The minimum Gasteiger partial charge on any atom is -0.492 e. The Morgan fingerprint density at radius 3 is 2.50 bits per heavy atom. The van der Waals surface area contributed by atoms with E-state index in [1.807, 2.05) is 6.92 Å². The summed E-state index contributed by atoms with van der Waals surface area (Å²) < 4.78 is 31.9. The fraction of sp³-hybridized carbons (Fsp3) is 0.350. The summed E-state index contributed by atoms with van der Waals surface area (Å²) in [4.78, 5) is 13.1. The highest BCUT2D eigenvalue weighted by molar-refractivity contribution is 7.92. The third kappa shape index (κ3) is 5.17. The number of ether oxygens (including phenoxy) is 1. The molecule has 0 aliphatic rings. The molecule has 6 nitrogen and oxygen atoms in total. The maximum absolute atomic E-state index is 13.1. The van der Waals surface area contributed by atoms with Crippen LogP contribution >= 0.6 is 11.6 Å². The molecule has 28 heavy (non-hydrogen) atoms. The van der Waals surface area contributed by atoms with Gasteiger partial charge in [-0.3, -0.25) is 9.10 Å². The van der Waals surface area contributed by atoms with Crippen LogP contribution in [0, 0.1) is 6.92 Å². The molecule has 0 bridgehead atoms. The van der Waals surface area contributed by atoms with Crippen LogP contribution < -0.4 is 14.4 Å². The van der Waals surface area contributed by atoms with E-state index in [1.54, 1.807) is 56.3 Å². The molecule has 0 saturated carbocycles. The molecule has 0 radical (unpaired) electrons. The van der Waals surface area contributed by atoms with Crippen LogP contribution in [0.2, 0.25) is 5.02 Å². The highest BCUT2D eigenvalue weighted by Gasteiger charge is 2.33. The molecule has 0 saturated heterocycles. The Bertz CT molecular complexity index is 947. The minimum absolute atomic E-state index is 0.279. The van der Waals surface area contributed by atoms with Gasteiger partial charge in [-0.1, -0.05) is 36.7 Å². The number of benzene rings is 2. The maximum atomic E-state index is 13.1. The first-order chi connectivity index (χ1) is 13.2. The third-order valence-corrected chi connectivity index (χ3v) is 5.58. The van der Waals surface area contributed by atoms with Crippen molar-refractivity contribution in [3.05, 3.63) is 53.1 Å². The molecular weight excluding hydrogens is 400 g/mol. The summed E-state index contributed by atoms with van der Waals surface area (Å²) in [5.74, 6) is 0.0810. The van der Waals surface area contributed by atoms with Crippen LogP contribution in [-0.4, -0.2) is 33.2 Å². The van der Waals surface area contributed by atoms with Gasteiger partial charge in [-0.2, -0.15) is 0 Å². The standard InChI is InChI=1S/C20H25ClN2O4S/c1-5-17(20(24)22-16-9-7-8-10-19(16)27-6-2)23(28(4,25)26)18-13-15(21)12-11-14(18)3/h7-13,17H,5-6H2,1-4H3,(H,22,24). The van der Waals surface area contributed by atoms with E-state index in [0.29, 0.717) is 34.3 Å². The molecule has 0 aliphatic heterocycles. The second kappa shape index (κ2) is 9.30. The zero-order valence-corrected chi connectivity index (χ0v) is 18.0. The van der Waals surface area contributed by atoms with Crippen molar-refractivity contribution in [2.45, 2.75) is 33.2 Å². The van der Waals surface area contributed by atoms with Crippen LogP contribution in [0.15, 0.2) is 42.5 Å². The molecular formula is C20H25ClN2O4S. The van der Waals surface area contributed by atoms with E-state index >= 15 is 0 Å². The van der Waals surface area contributed by atoms with Crippen LogP contribution in [0.4, 0.5) is 11.4 Å². The van der Waals surface area contributed by atoms with E-state index in [0.717, 1.165) is 10.6 Å². The molecule has 2 rings (SSSR count). The highest BCUT2D eigenvalue weighted by Crippen LogP contribution is 2.30. The summed E-state index contributed by atoms with van der Waals surface area (Å²) in [5, 5.41) is 3.19. The Balaban J connectivity index is 2.44. The van der Waals surface area contributed by atoms with Gasteiger partial charge in [0.05, 0.1) is 24.2 Å². The van der Waals surface area contributed by atoms with Gasteiger partial charge in [-0.15, -0.1) is 0 Å². The number of carbonyl (C=O) groups is 1. The number of nitrogens with one attached hydrogen (secondary N) is 1. The number of hydrogen-bond donors (Lipinski definition) is 1. The molecule has 1 N–H and O–H groups in total. The number of rotatable bonds is 8. The second-order valence-corrected chi connectivity index (χ2v) is 8.63. The van der Waals surface area contributed by atoms with Crippen molar-refractivity contribution in [3.8, 4) is 5.75 Å². The van der Waals surface area contributed by atoms with Gasteiger partial charge in [0.2, 0.25) is 15.9 Å². The fourth-order valence-corrected chi connectivity index (χ4v) is 4.35. The number of hydrogen-bond acceptors (Lipinski definition) is 4. The lowest BCUT2D eigenvalue weighted by Gasteiger charge is -2.31. The van der Waals surface area contributed by atoms with E-state index in [1.165, 1.54) is 0 Å². The number of amides is 1. The van der Waals surface area contributed by atoms with E-state index in [2.05, 4.69) is 5.32 Å². The third-order valence-electron chi connectivity index (χ3n) is 4.18. The van der Waals surface area contributed by atoms with Crippen LogP contribution in [0.5, 0.6) is 5.75 Å². The van der Waals surface area contributed by atoms with Gasteiger partial charge in [0, 0.05) is 5.02 Å². The number of sulfonamides is 1. The second-order valence-electron chi connectivity index (χ2n) is 6.33. The lowest BCUT2D eigenvalue weighted by atomic mass is 10.1. The van der Waals surface area contributed by atoms with Crippen molar-refractivity contribution in [2.75, 3.05) is 22.5 Å².